The standard InChI is InChI=1S/C19H17FN4OS2/c1-12-13(2)27-19-17(12)18(22-11-23-19)26-10-16(25)24(9-3-8-21)15-6-4-14(20)5-7-15/h4-7,11H,3,9-10H2,1-2H3. The van der Waals surface area contributed by atoms with Crippen LogP contribution >= 0.6 is 23.1 Å². The number of benzene rings is 1. The Labute approximate surface area is 164 Å². The van der Waals surface area contributed by atoms with E-state index in [1.165, 1.54) is 40.0 Å². The molecule has 27 heavy (non-hydrogen) atoms. The maximum Gasteiger partial charge on any atom is 0.237 e. The molecule has 2 heterocycles. The van der Waals surface area contributed by atoms with Crippen LogP contribution in [0.3, 0.4) is 0 Å². The largest absolute Gasteiger partial charge is 0.311 e. The molecular weight excluding hydrogens is 383 g/mol. The molecule has 0 aliphatic heterocycles. The molecule has 0 saturated carbocycles. The number of carbonyl (C=O) groups excluding carboxylic acids is 1. The maximum absolute atomic E-state index is 13.2. The van der Waals surface area contributed by atoms with E-state index in [-0.39, 0.29) is 30.4 Å². The van der Waals surface area contributed by atoms with Gasteiger partial charge in [-0.3, -0.25) is 4.79 Å². The number of hydrogen-bond acceptors (Lipinski definition) is 6. The van der Waals surface area contributed by atoms with E-state index in [0.29, 0.717) is 5.69 Å². The monoisotopic (exact) mass is 400 g/mol. The predicted molar refractivity (Wildman–Crippen MR) is 107 cm³/mol. The molecule has 0 N–H and O–H groups in total. The lowest BCUT2D eigenvalue weighted by atomic mass is 10.2. The number of hydrogen-bond donors (Lipinski definition) is 0. The van der Waals surface area contributed by atoms with Gasteiger partial charge in [0.15, 0.2) is 0 Å². The SMILES string of the molecule is Cc1sc2ncnc(SCC(=O)N(CCC#N)c3ccc(F)cc3)c2c1C. The lowest BCUT2D eigenvalue weighted by Crippen LogP contribution is -2.33. The van der Waals surface area contributed by atoms with Gasteiger partial charge in [-0.25, -0.2) is 14.4 Å². The first-order valence-electron chi connectivity index (χ1n) is 8.27. The van der Waals surface area contributed by atoms with Gasteiger partial charge in [-0.15, -0.1) is 11.3 Å². The van der Waals surface area contributed by atoms with Crippen LogP contribution < -0.4 is 4.90 Å². The molecule has 0 bridgehead atoms. The average molecular weight is 401 g/mol. The van der Waals surface area contributed by atoms with Gasteiger partial charge in [0.1, 0.15) is 22.0 Å². The minimum absolute atomic E-state index is 0.154. The minimum atomic E-state index is -0.368. The minimum Gasteiger partial charge on any atom is -0.311 e. The van der Waals surface area contributed by atoms with Crippen LogP contribution in [0.5, 0.6) is 0 Å². The van der Waals surface area contributed by atoms with Crippen LogP contribution in [0.4, 0.5) is 10.1 Å². The number of amides is 1. The summed E-state index contributed by atoms with van der Waals surface area (Å²) in [4.78, 5) is 25.1. The van der Waals surface area contributed by atoms with Crippen molar-refractivity contribution in [3.05, 3.63) is 46.9 Å². The van der Waals surface area contributed by atoms with Crippen molar-refractivity contribution in [2.75, 3.05) is 17.2 Å². The summed E-state index contributed by atoms with van der Waals surface area (Å²) in [5.41, 5.74) is 1.71. The summed E-state index contributed by atoms with van der Waals surface area (Å²) in [7, 11) is 0. The number of nitriles is 1. The van der Waals surface area contributed by atoms with E-state index in [1.54, 1.807) is 23.5 Å². The molecule has 0 unspecified atom stereocenters. The second kappa shape index (κ2) is 8.46. The van der Waals surface area contributed by atoms with E-state index >= 15 is 0 Å². The zero-order chi connectivity index (χ0) is 19.4. The molecule has 0 spiro atoms. The number of rotatable bonds is 6. The highest BCUT2D eigenvalue weighted by molar-refractivity contribution is 8.00. The number of halogens is 1. The number of carbonyl (C=O) groups is 1. The van der Waals surface area contributed by atoms with Crippen LogP contribution in [0, 0.1) is 31.0 Å². The molecule has 0 aliphatic carbocycles. The Hall–Kier alpha value is -2.50. The first-order valence-corrected chi connectivity index (χ1v) is 10.1. The van der Waals surface area contributed by atoms with Crippen molar-refractivity contribution in [3.63, 3.8) is 0 Å². The fourth-order valence-electron chi connectivity index (χ4n) is 2.65. The fraction of sp³-hybridized carbons (Fsp3) is 0.263. The molecule has 5 nitrogen and oxygen atoms in total. The first-order chi connectivity index (χ1) is 13.0. The highest BCUT2D eigenvalue weighted by Crippen LogP contribution is 2.34. The van der Waals surface area contributed by atoms with Crippen LogP contribution in [-0.4, -0.2) is 28.2 Å². The molecule has 0 fully saturated rings. The van der Waals surface area contributed by atoms with Crippen molar-refractivity contribution in [1.82, 2.24) is 9.97 Å². The third-order valence-electron chi connectivity index (χ3n) is 4.15. The molecule has 0 atom stereocenters. The first kappa shape index (κ1) is 19.3. The van der Waals surface area contributed by atoms with Crippen molar-refractivity contribution >= 4 is 44.9 Å². The van der Waals surface area contributed by atoms with E-state index < -0.39 is 0 Å². The number of thiophene rings is 1. The Morgan fingerprint density at radius 3 is 2.74 bits per heavy atom. The van der Waals surface area contributed by atoms with Gasteiger partial charge in [-0.05, 0) is 43.7 Å². The summed E-state index contributed by atoms with van der Waals surface area (Å²) >= 11 is 2.96. The summed E-state index contributed by atoms with van der Waals surface area (Å²) in [6.07, 6.45) is 1.71. The zero-order valence-corrected chi connectivity index (χ0v) is 16.5. The smallest absolute Gasteiger partial charge is 0.237 e. The van der Waals surface area contributed by atoms with Crippen LogP contribution in [0.15, 0.2) is 35.6 Å². The molecule has 3 aromatic rings. The molecular formula is C19H17FN4OS2. The van der Waals surface area contributed by atoms with Gasteiger partial charge in [0, 0.05) is 22.5 Å². The number of aromatic nitrogens is 2. The summed E-state index contributed by atoms with van der Waals surface area (Å²) < 4.78 is 13.2. The van der Waals surface area contributed by atoms with Gasteiger partial charge in [0.2, 0.25) is 5.91 Å². The summed E-state index contributed by atoms with van der Waals surface area (Å²) in [5.74, 6) is -0.353. The van der Waals surface area contributed by atoms with Crippen molar-refractivity contribution < 1.29 is 9.18 Å². The van der Waals surface area contributed by atoms with Gasteiger partial charge in [0.05, 0.1) is 18.2 Å². The summed E-state index contributed by atoms with van der Waals surface area (Å²) in [6.45, 7) is 4.33. The summed E-state index contributed by atoms with van der Waals surface area (Å²) in [5, 5.41) is 10.6. The van der Waals surface area contributed by atoms with Crippen LogP contribution in [0.1, 0.15) is 16.9 Å². The quantitative estimate of drug-likeness (QED) is 0.450. The molecule has 0 radical (unpaired) electrons. The van der Waals surface area contributed by atoms with Crippen molar-refractivity contribution in [1.29, 1.82) is 5.26 Å². The Kier molecular flexibility index (Phi) is 6.04. The van der Waals surface area contributed by atoms with E-state index in [2.05, 4.69) is 9.97 Å². The number of aryl methyl sites for hydroxylation is 2. The van der Waals surface area contributed by atoms with Crippen molar-refractivity contribution in [2.24, 2.45) is 0 Å². The normalized spacial score (nSPS) is 10.7. The Morgan fingerprint density at radius 1 is 1.30 bits per heavy atom. The number of fused-ring (bicyclic) bond motifs is 1. The fourth-order valence-corrected chi connectivity index (χ4v) is 4.64. The van der Waals surface area contributed by atoms with E-state index in [4.69, 9.17) is 5.26 Å². The van der Waals surface area contributed by atoms with E-state index in [9.17, 15) is 9.18 Å². The zero-order valence-electron chi connectivity index (χ0n) is 14.9. The lowest BCUT2D eigenvalue weighted by Gasteiger charge is -2.21. The Bertz CT molecular complexity index is 1010. The summed E-state index contributed by atoms with van der Waals surface area (Å²) in [6, 6.07) is 7.75. The molecule has 138 valence electrons. The molecule has 0 aliphatic rings. The Morgan fingerprint density at radius 2 is 2.04 bits per heavy atom. The van der Waals surface area contributed by atoms with Gasteiger partial charge >= 0.3 is 0 Å². The molecule has 1 amide bonds. The van der Waals surface area contributed by atoms with E-state index in [1.807, 2.05) is 19.9 Å². The number of thioether (sulfide) groups is 1. The molecule has 8 heteroatoms. The predicted octanol–water partition coefficient (Wildman–Crippen LogP) is 4.49. The molecule has 3 rings (SSSR count). The van der Waals surface area contributed by atoms with Gasteiger partial charge in [-0.2, -0.15) is 5.26 Å². The average Bonchev–Trinajstić information content (AvgIpc) is 2.96. The second-order valence-electron chi connectivity index (χ2n) is 5.86. The number of anilines is 1. The molecule has 2 aromatic heterocycles. The molecule has 0 saturated heterocycles. The number of nitrogens with zero attached hydrogens (tertiary/aromatic N) is 4. The van der Waals surface area contributed by atoms with Gasteiger partial charge < -0.3 is 4.90 Å². The topological polar surface area (TPSA) is 69.9 Å². The van der Waals surface area contributed by atoms with Crippen molar-refractivity contribution in [2.45, 2.75) is 25.3 Å². The van der Waals surface area contributed by atoms with Gasteiger partial charge in [-0.1, -0.05) is 11.8 Å². The molecule has 1 aromatic carbocycles. The second-order valence-corrected chi connectivity index (χ2v) is 8.03. The van der Waals surface area contributed by atoms with Crippen LogP contribution in [0.2, 0.25) is 0 Å². The Balaban J connectivity index is 1.80. The van der Waals surface area contributed by atoms with Crippen LogP contribution in [-0.2, 0) is 4.79 Å². The lowest BCUT2D eigenvalue weighted by molar-refractivity contribution is -0.116. The highest BCUT2D eigenvalue weighted by Gasteiger charge is 2.18. The maximum atomic E-state index is 13.2. The highest BCUT2D eigenvalue weighted by atomic mass is 32.2. The third kappa shape index (κ3) is 4.26. The third-order valence-corrected chi connectivity index (χ3v) is 6.24. The van der Waals surface area contributed by atoms with Crippen LogP contribution in [0.25, 0.3) is 10.2 Å². The van der Waals surface area contributed by atoms with Gasteiger partial charge in [0.25, 0.3) is 0 Å². The van der Waals surface area contributed by atoms with Crippen molar-refractivity contribution in [3.8, 4) is 6.07 Å². The van der Waals surface area contributed by atoms with E-state index in [0.717, 1.165) is 20.8 Å².